The van der Waals surface area contributed by atoms with Crippen molar-refractivity contribution in [1.82, 2.24) is 0 Å². The van der Waals surface area contributed by atoms with Gasteiger partial charge in [-0.25, -0.2) is 4.79 Å². The van der Waals surface area contributed by atoms with Gasteiger partial charge in [0.1, 0.15) is 17.4 Å². The Hall–Kier alpha value is -2.96. The number of nitriles is 1. The van der Waals surface area contributed by atoms with Crippen molar-refractivity contribution in [3.63, 3.8) is 0 Å². The molecule has 0 unspecified atom stereocenters. The number of rotatable bonds is 5. The van der Waals surface area contributed by atoms with Crippen molar-refractivity contribution in [2.75, 3.05) is 5.32 Å². The number of hydrogen-bond donors (Lipinski definition) is 1. The van der Waals surface area contributed by atoms with E-state index in [-0.39, 0.29) is 5.57 Å². The zero-order valence-corrected chi connectivity index (χ0v) is 19.2. The van der Waals surface area contributed by atoms with Gasteiger partial charge in [0.15, 0.2) is 0 Å². The van der Waals surface area contributed by atoms with E-state index in [2.05, 4.69) is 43.8 Å². The van der Waals surface area contributed by atoms with E-state index < -0.39 is 11.9 Å². The molecular formula is C23H14BrIN2O3. The summed E-state index contributed by atoms with van der Waals surface area (Å²) in [6, 6.07) is 22.6. The summed E-state index contributed by atoms with van der Waals surface area (Å²) in [5.74, 6) is -0.605. The van der Waals surface area contributed by atoms with Crippen molar-refractivity contribution in [2.45, 2.75) is 0 Å². The van der Waals surface area contributed by atoms with E-state index in [4.69, 9.17) is 4.74 Å². The standard InChI is InChI=1S/C23H14BrIN2O3/c24-18-5-3-16(4-6-18)23(29)30-21-11-1-15(2-12-21)13-17(14-26)22(28)27-20-9-7-19(25)8-10-20/h1-13H,(H,27,28)/b17-13-. The van der Waals surface area contributed by atoms with Gasteiger partial charge in [-0.1, -0.05) is 28.1 Å². The van der Waals surface area contributed by atoms with Crippen molar-refractivity contribution in [3.8, 4) is 11.8 Å². The van der Waals surface area contributed by atoms with Gasteiger partial charge in [-0.3, -0.25) is 4.79 Å². The summed E-state index contributed by atoms with van der Waals surface area (Å²) in [5, 5.41) is 12.0. The first-order valence-electron chi connectivity index (χ1n) is 8.71. The van der Waals surface area contributed by atoms with Gasteiger partial charge in [0.2, 0.25) is 0 Å². The highest BCUT2D eigenvalue weighted by Gasteiger charge is 2.11. The summed E-state index contributed by atoms with van der Waals surface area (Å²) in [5.41, 5.74) is 1.64. The van der Waals surface area contributed by atoms with Crippen LogP contribution in [-0.4, -0.2) is 11.9 Å². The van der Waals surface area contributed by atoms with E-state index >= 15 is 0 Å². The maximum Gasteiger partial charge on any atom is 0.343 e. The lowest BCUT2D eigenvalue weighted by atomic mass is 10.1. The van der Waals surface area contributed by atoms with E-state index in [1.807, 2.05) is 18.2 Å². The maximum atomic E-state index is 12.3. The molecule has 0 aliphatic heterocycles. The van der Waals surface area contributed by atoms with E-state index in [0.717, 1.165) is 8.04 Å². The predicted molar refractivity (Wildman–Crippen MR) is 127 cm³/mol. The van der Waals surface area contributed by atoms with Crippen LogP contribution in [0.15, 0.2) is 82.8 Å². The number of hydrogen-bond acceptors (Lipinski definition) is 4. The molecule has 3 aromatic carbocycles. The molecule has 1 N–H and O–H groups in total. The van der Waals surface area contributed by atoms with Crippen LogP contribution in [0.1, 0.15) is 15.9 Å². The predicted octanol–water partition coefficient (Wildman–Crippen LogP) is 5.82. The van der Waals surface area contributed by atoms with E-state index in [1.165, 1.54) is 6.08 Å². The lowest BCUT2D eigenvalue weighted by Crippen LogP contribution is -2.13. The van der Waals surface area contributed by atoms with Crippen LogP contribution < -0.4 is 10.1 Å². The number of benzene rings is 3. The summed E-state index contributed by atoms with van der Waals surface area (Å²) in [7, 11) is 0. The fraction of sp³-hybridized carbons (Fsp3) is 0. The molecule has 0 atom stereocenters. The molecule has 3 rings (SSSR count). The van der Waals surface area contributed by atoms with Gasteiger partial charge >= 0.3 is 5.97 Å². The van der Waals surface area contributed by atoms with Crippen LogP contribution in [0.25, 0.3) is 6.08 Å². The van der Waals surface area contributed by atoms with Crippen LogP contribution in [-0.2, 0) is 4.79 Å². The Morgan fingerprint density at radius 2 is 1.60 bits per heavy atom. The average Bonchev–Trinajstić information content (AvgIpc) is 2.75. The van der Waals surface area contributed by atoms with E-state index in [1.54, 1.807) is 60.7 Å². The molecular weight excluding hydrogens is 559 g/mol. The minimum atomic E-state index is -0.496. The molecule has 0 fully saturated rings. The molecule has 0 aliphatic rings. The van der Waals surface area contributed by atoms with Crippen molar-refractivity contribution >= 4 is 62.2 Å². The minimum absolute atomic E-state index is 0.0341. The first-order chi connectivity index (χ1) is 14.4. The minimum Gasteiger partial charge on any atom is -0.423 e. The highest BCUT2D eigenvalue weighted by molar-refractivity contribution is 14.1. The van der Waals surface area contributed by atoms with Gasteiger partial charge in [-0.05, 0) is 94.9 Å². The van der Waals surface area contributed by atoms with Crippen LogP contribution in [0.4, 0.5) is 5.69 Å². The van der Waals surface area contributed by atoms with Gasteiger partial charge in [0.05, 0.1) is 5.56 Å². The lowest BCUT2D eigenvalue weighted by molar-refractivity contribution is -0.112. The molecule has 0 radical (unpaired) electrons. The van der Waals surface area contributed by atoms with Crippen molar-refractivity contribution in [1.29, 1.82) is 5.26 Å². The fourth-order valence-electron chi connectivity index (χ4n) is 2.43. The van der Waals surface area contributed by atoms with E-state index in [9.17, 15) is 14.9 Å². The Morgan fingerprint density at radius 1 is 0.967 bits per heavy atom. The Kier molecular flexibility index (Phi) is 7.38. The number of nitrogens with zero attached hydrogens (tertiary/aromatic N) is 1. The Bertz CT molecular complexity index is 1130. The highest BCUT2D eigenvalue weighted by atomic mass is 127. The molecule has 0 heterocycles. The van der Waals surface area contributed by atoms with Gasteiger partial charge in [-0.15, -0.1) is 0 Å². The monoisotopic (exact) mass is 572 g/mol. The van der Waals surface area contributed by atoms with E-state index in [0.29, 0.717) is 22.6 Å². The molecule has 3 aromatic rings. The largest absolute Gasteiger partial charge is 0.423 e. The summed E-state index contributed by atoms with van der Waals surface area (Å²) < 4.78 is 7.26. The fourth-order valence-corrected chi connectivity index (χ4v) is 3.05. The SMILES string of the molecule is N#C/C(=C/c1ccc(OC(=O)c2ccc(Br)cc2)cc1)C(=O)Nc1ccc(I)cc1. The Labute approximate surface area is 195 Å². The third-order valence-electron chi connectivity index (χ3n) is 3.95. The number of esters is 1. The second kappa shape index (κ2) is 10.2. The lowest BCUT2D eigenvalue weighted by Gasteiger charge is -2.06. The number of carbonyl (C=O) groups excluding carboxylic acids is 2. The Morgan fingerprint density at radius 3 is 2.20 bits per heavy atom. The molecule has 0 aliphatic carbocycles. The number of anilines is 1. The zero-order valence-electron chi connectivity index (χ0n) is 15.4. The van der Waals surface area contributed by atoms with Crippen LogP contribution in [0.3, 0.4) is 0 Å². The number of amides is 1. The van der Waals surface area contributed by atoms with Gasteiger partial charge < -0.3 is 10.1 Å². The molecule has 0 bridgehead atoms. The number of ether oxygens (including phenoxy) is 1. The quantitative estimate of drug-likeness (QED) is 0.137. The van der Waals surface area contributed by atoms with Crippen molar-refractivity contribution < 1.29 is 14.3 Å². The van der Waals surface area contributed by atoms with Gasteiger partial charge in [0, 0.05) is 13.7 Å². The van der Waals surface area contributed by atoms with Crippen LogP contribution in [0.2, 0.25) is 0 Å². The smallest absolute Gasteiger partial charge is 0.343 e. The molecule has 0 spiro atoms. The highest BCUT2D eigenvalue weighted by Crippen LogP contribution is 2.18. The summed E-state index contributed by atoms with van der Waals surface area (Å²) >= 11 is 5.49. The molecule has 7 heteroatoms. The zero-order chi connectivity index (χ0) is 21.5. The van der Waals surface area contributed by atoms with Crippen LogP contribution in [0.5, 0.6) is 5.75 Å². The second-order valence-corrected chi connectivity index (χ2v) is 8.26. The first-order valence-corrected chi connectivity index (χ1v) is 10.6. The second-order valence-electron chi connectivity index (χ2n) is 6.10. The molecule has 0 aromatic heterocycles. The molecule has 5 nitrogen and oxygen atoms in total. The van der Waals surface area contributed by atoms with Crippen LogP contribution >= 0.6 is 38.5 Å². The summed E-state index contributed by atoms with van der Waals surface area (Å²) in [6.07, 6.45) is 1.47. The molecule has 0 saturated heterocycles. The maximum absolute atomic E-state index is 12.3. The number of carbonyl (C=O) groups is 2. The molecule has 148 valence electrons. The normalized spacial score (nSPS) is 10.8. The number of halogens is 2. The van der Waals surface area contributed by atoms with Gasteiger partial charge in [0.25, 0.3) is 5.91 Å². The molecule has 1 amide bonds. The van der Waals surface area contributed by atoms with Crippen LogP contribution in [0, 0.1) is 14.9 Å². The topological polar surface area (TPSA) is 79.2 Å². The molecule has 30 heavy (non-hydrogen) atoms. The summed E-state index contributed by atoms with van der Waals surface area (Å²) in [6.45, 7) is 0. The van der Waals surface area contributed by atoms with Gasteiger partial charge in [-0.2, -0.15) is 5.26 Å². The third kappa shape index (κ3) is 6.02. The van der Waals surface area contributed by atoms with Crippen molar-refractivity contribution in [3.05, 3.63) is 97.5 Å². The van der Waals surface area contributed by atoms with Crippen molar-refractivity contribution in [2.24, 2.45) is 0 Å². The first kappa shape index (κ1) is 21.7. The Balaban J connectivity index is 1.67. The average molecular weight is 573 g/mol. The molecule has 0 saturated carbocycles. The number of nitrogens with one attached hydrogen (secondary N) is 1. The summed E-state index contributed by atoms with van der Waals surface area (Å²) in [4.78, 5) is 24.5. The third-order valence-corrected chi connectivity index (χ3v) is 5.20.